The molecule has 0 saturated heterocycles. The number of nitro benzene ring substituents is 1. The summed E-state index contributed by atoms with van der Waals surface area (Å²) in [5, 5.41) is 13.9. The van der Waals surface area contributed by atoms with E-state index in [0.29, 0.717) is 25.3 Å². The number of benzene rings is 2. The number of carbonyl (C=O) groups excluding carboxylic acids is 1. The van der Waals surface area contributed by atoms with Gasteiger partial charge in [0.25, 0.3) is 5.69 Å². The van der Waals surface area contributed by atoms with Gasteiger partial charge in [0, 0.05) is 25.7 Å². The van der Waals surface area contributed by atoms with Crippen molar-refractivity contribution >= 4 is 29.7 Å². The first-order chi connectivity index (χ1) is 12.1. The van der Waals surface area contributed by atoms with Crippen molar-refractivity contribution in [1.29, 1.82) is 0 Å². The van der Waals surface area contributed by atoms with Crippen molar-refractivity contribution < 1.29 is 9.72 Å². The van der Waals surface area contributed by atoms with Gasteiger partial charge in [0.15, 0.2) is 0 Å². The Morgan fingerprint density at radius 2 is 1.73 bits per heavy atom. The van der Waals surface area contributed by atoms with Gasteiger partial charge in [-0.3, -0.25) is 14.9 Å². The van der Waals surface area contributed by atoms with Crippen LogP contribution in [-0.4, -0.2) is 41.9 Å². The third-order valence-electron chi connectivity index (χ3n) is 3.80. The smallest absolute Gasteiger partial charge is 0.292 e. The fourth-order valence-corrected chi connectivity index (χ4v) is 2.49. The summed E-state index contributed by atoms with van der Waals surface area (Å²) < 4.78 is 0. The van der Waals surface area contributed by atoms with Crippen LogP contribution in [0.5, 0.6) is 0 Å². The molecule has 0 fully saturated rings. The molecule has 140 valence electrons. The molecule has 26 heavy (non-hydrogen) atoms. The monoisotopic (exact) mass is 378 g/mol. The summed E-state index contributed by atoms with van der Waals surface area (Å²) >= 11 is 0. The Morgan fingerprint density at radius 3 is 2.38 bits per heavy atom. The molecule has 0 aromatic heterocycles. The van der Waals surface area contributed by atoms with Crippen LogP contribution in [0.3, 0.4) is 0 Å². The molecule has 0 bridgehead atoms. The maximum absolute atomic E-state index is 12.4. The number of para-hydroxylation sites is 2. The number of nitrogens with one attached hydrogen (secondary N) is 1. The second kappa shape index (κ2) is 11.1. The van der Waals surface area contributed by atoms with E-state index in [9.17, 15) is 14.9 Å². The van der Waals surface area contributed by atoms with Crippen LogP contribution in [0.25, 0.3) is 0 Å². The van der Waals surface area contributed by atoms with E-state index in [0.717, 1.165) is 12.0 Å². The molecule has 0 radical (unpaired) electrons. The Kier molecular flexibility index (Phi) is 9.11. The standard InChI is InChI=1S/C18H22N4O3.ClH/c19-11-13-21(12-10-15-6-2-1-3-7-15)18(23)14-20-16-8-4-5-9-17(16)22(24)25;/h1-9,20H,10-14,19H2;1H. The van der Waals surface area contributed by atoms with Gasteiger partial charge in [-0.05, 0) is 18.1 Å². The molecule has 0 heterocycles. The minimum absolute atomic E-state index is 0. The summed E-state index contributed by atoms with van der Waals surface area (Å²) in [7, 11) is 0. The molecule has 0 unspecified atom stereocenters. The molecule has 3 N–H and O–H groups in total. The fourth-order valence-electron chi connectivity index (χ4n) is 2.49. The quantitative estimate of drug-likeness (QED) is 0.515. The summed E-state index contributed by atoms with van der Waals surface area (Å²) in [6.07, 6.45) is 0.734. The van der Waals surface area contributed by atoms with E-state index in [1.54, 1.807) is 23.1 Å². The highest BCUT2D eigenvalue weighted by Crippen LogP contribution is 2.22. The molecule has 2 aromatic rings. The van der Waals surface area contributed by atoms with Crippen LogP contribution in [0.1, 0.15) is 5.56 Å². The maximum Gasteiger partial charge on any atom is 0.292 e. The molecule has 0 atom stereocenters. The second-order valence-electron chi connectivity index (χ2n) is 5.53. The van der Waals surface area contributed by atoms with Crippen LogP contribution >= 0.6 is 12.4 Å². The average Bonchev–Trinajstić information content (AvgIpc) is 2.64. The Morgan fingerprint density at radius 1 is 1.08 bits per heavy atom. The average molecular weight is 379 g/mol. The van der Waals surface area contributed by atoms with E-state index >= 15 is 0 Å². The highest BCUT2D eigenvalue weighted by molar-refractivity contribution is 5.85. The van der Waals surface area contributed by atoms with Crippen LogP contribution in [-0.2, 0) is 11.2 Å². The number of nitrogens with zero attached hydrogens (tertiary/aromatic N) is 2. The SMILES string of the molecule is Cl.NCCN(CCc1ccccc1)C(=O)CNc1ccccc1[N+](=O)[O-]. The third-order valence-corrected chi connectivity index (χ3v) is 3.80. The molecule has 0 aliphatic carbocycles. The zero-order chi connectivity index (χ0) is 18.1. The predicted octanol–water partition coefficient (Wildman–Crippen LogP) is 2.46. The molecule has 1 amide bonds. The number of anilines is 1. The summed E-state index contributed by atoms with van der Waals surface area (Å²) in [4.78, 5) is 24.7. The van der Waals surface area contributed by atoms with Gasteiger partial charge < -0.3 is 16.0 Å². The van der Waals surface area contributed by atoms with Crippen molar-refractivity contribution in [3.8, 4) is 0 Å². The lowest BCUT2D eigenvalue weighted by atomic mass is 10.1. The second-order valence-corrected chi connectivity index (χ2v) is 5.53. The first-order valence-electron chi connectivity index (χ1n) is 8.11. The molecule has 0 aliphatic heterocycles. The van der Waals surface area contributed by atoms with Gasteiger partial charge in [0.2, 0.25) is 5.91 Å². The number of nitro groups is 1. The first-order valence-corrected chi connectivity index (χ1v) is 8.11. The molecule has 0 aliphatic rings. The Balaban J connectivity index is 0.00000338. The lowest BCUT2D eigenvalue weighted by Crippen LogP contribution is -2.40. The maximum atomic E-state index is 12.4. The van der Waals surface area contributed by atoms with Crippen LogP contribution in [0, 0.1) is 10.1 Å². The number of hydrogen-bond donors (Lipinski definition) is 2. The number of amides is 1. The molecule has 2 rings (SSSR count). The largest absolute Gasteiger partial charge is 0.371 e. The van der Waals surface area contributed by atoms with Crippen LogP contribution < -0.4 is 11.1 Å². The van der Waals surface area contributed by atoms with Gasteiger partial charge in [-0.25, -0.2) is 0 Å². The summed E-state index contributed by atoms with van der Waals surface area (Å²) in [5.74, 6) is -0.139. The van der Waals surface area contributed by atoms with E-state index in [1.165, 1.54) is 6.07 Å². The zero-order valence-corrected chi connectivity index (χ0v) is 15.2. The predicted molar refractivity (Wildman–Crippen MR) is 105 cm³/mol. The molecule has 0 spiro atoms. The zero-order valence-electron chi connectivity index (χ0n) is 14.3. The van der Waals surface area contributed by atoms with E-state index in [1.807, 2.05) is 30.3 Å². The Bertz CT molecular complexity index is 713. The van der Waals surface area contributed by atoms with E-state index in [-0.39, 0.29) is 30.5 Å². The molecule has 2 aromatic carbocycles. The van der Waals surface area contributed by atoms with Gasteiger partial charge in [-0.2, -0.15) is 0 Å². The number of rotatable bonds is 9. The van der Waals surface area contributed by atoms with Crippen LogP contribution in [0.2, 0.25) is 0 Å². The van der Waals surface area contributed by atoms with E-state index in [2.05, 4.69) is 5.32 Å². The van der Waals surface area contributed by atoms with Crippen molar-refractivity contribution in [2.45, 2.75) is 6.42 Å². The van der Waals surface area contributed by atoms with Gasteiger partial charge in [0.05, 0.1) is 11.5 Å². The molecule has 8 heteroatoms. The number of halogens is 1. The third kappa shape index (κ3) is 6.34. The van der Waals surface area contributed by atoms with Crippen molar-refractivity contribution in [2.24, 2.45) is 5.73 Å². The lowest BCUT2D eigenvalue weighted by Gasteiger charge is -2.22. The Labute approximate surface area is 158 Å². The minimum Gasteiger partial charge on any atom is -0.371 e. The van der Waals surface area contributed by atoms with Crippen molar-refractivity contribution in [3.63, 3.8) is 0 Å². The first kappa shape index (κ1) is 21.4. The van der Waals surface area contributed by atoms with Crippen molar-refractivity contribution in [2.75, 3.05) is 31.5 Å². The molecular weight excluding hydrogens is 356 g/mol. The lowest BCUT2D eigenvalue weighted by molar-refractivity contribution is -0.383. The van der Waals surface area contributed by atoms with Gasteiger partial charge >= 0.3 is 0 Å². The van der Waals surface area contributed by atoms with E-state index < -0.39 is 4.92 Å². The number of carbonyl (C=O) groups is 1. The highest BCUT2D eigenvalue weighted by atomic mass is 35.5. The van der Waals surface area contributed by atoms with Gasteiger partial charge in [0.1, 0.15) is 5.69 Å². The Hall–Kier alpha value is -2.64. The summed E-state index contributed by atoms with van der Waals surface area (Å²) in [6, 6.07) is 16.2. The van der Waals surface area contributed by atoms with Gasteiger partial charge in [-0.1, -0.05) is 42.5 Å². The fraction of sp³-hybridized carbons (Fsp3) is 0.278. The normalized spacial score (nSPS) is 9.88. The molecule has 0 saturated carbocycles. The number of hydrogen-bond acceptors (Lipinski definition) is 5. The molecule has 7 nitrogen and oxygen atoms in total. The highest BCUT2D eigenvalue weighted by Gasteiger charge is 2.16. The summed E-state index contributed by atoms with van der Waals surface area (Å²) in [6.45, 7) is 1.36. The van der Waals surface area contributed by atoms with Crippen molar-refractivity contribution in [1.82, 2.24) is 4.90 Å². The minimum atomic E-state index is -0.472. The van der Waals surface area contributed by atoms with Crippen LogP contribution in [0.15, 0.2) is 54.6 Å². The number of nitrogens with two attached hydrogens (primary N) is 1. The van der Waals surface area contributed by atoms with E-state index in [4.69, 9.17) is 5.73 Å². The van der Waals surface area contributed by atoms with Crippen LogP contribution in [0.4, 0.5) is 11.4 Å². The topological polar surface area (TPSA) is 102 Å². The summed E-state index contributed by atoms with van der Waals surface area (Å²) in [5.41, 5.74) is 7.03. The van der Waals surface area contributed by atoms with Gasteiger partial charge in [-0.15, -0.1) is 12.4 Å². The van der Waals surface area contributed by atoms with Crippen molar-refractivity contribution in [3.05, 3.63) is 70.3 Å². The molecular formula is C18H23ClN4O3.